The lowest BCUT2D eigenvalue weighted by atomic mass is 10.0. The maximum atomic E-state index is 12.9. The van der Waals surface area contributed by atoms with Crippen molar-refractivity contribution in [1.82, 2.24) is 4.90 Å². The number of esters is 1. The number of ether oxygens (including phenoxy) is 1. The van der Waals surface area contributed by atoms with Gasteiger partial charge in [-0.15, -0.1) is 0 Å². The van der Waals surface area contributed by atoms with E-state index < -0.39 is 24.4 Å². The number of hydrogen-bond donors (Lipinski definition) is 1. The molecule has 0 radical (unpaired) electrons. The molecule has 8 nitrogen and oxygen atoms in total. The quantitative estimate of drug-likeness (QED) is 0.389. The average molecular weight is 481 g/mol. The van der Waals surface area contributed by atoms with Gasteiger partial charge in [0.05, 0.1) is 24.4 Å². The van der Waals surface area contributed by atoms with Crippen LogP contribution < -0.4 is 5.32 Å². The summed E-state index contributed by atoms with van der Waals surface area (Å²) in [4.78, 5) is 51.5. The van der Waals surface area contributed by atoms with Crippen molar-refractivity contribution in [3.8, 4) is 0 Å². The van der Waals surface area contributed by atoms with Gasteiger partial charge in [0.2, 0.25) is 5.91 Å². The van der Waals surface area contributed by atoms with Gasteiger partial charge in [0, 0.05) is 29.1 Å². The Bertz CT molecular complexity index is 1210. The Morgan fingerprint density at radius 2 is 1.88 bits per heavy atom. The minimum absolute atomic E-state index is 0.00801. The maximum absolute atomic E-state index is 12.9. The van der Waals surface area contributed by atoms with Gasteiger partial charge < -0.3 is 19.4 Å². The number of carbonyl (C=O) groups excluding carboxylic acids is 4. The minimum atomic E-state index is -0.666. The lowest BCUT2D eigenvalue weighted by Gasteiger charge is -2.15. The maximum Gasteiger partial charge on any atom is 0.311 e. The molecule has 0 aliphatic carbocycles. The van der Waals surface area contributed by atoms with Crippen LogP contribution >= 0.6 is 11.6 Å². The van der Waals surface area contributed by atoms with E-state index in [-0.39, 0.29) is 42.5 Å². The smallest absolute Gasteiger partial charge is 0.311 e. The fraction of sp³-hybridized carbons (Fsp3) is 0.200. The molecule has 0 saturated carbocycles. The zero-order valence-electron chi connectivity index (χ0n) is 18.0. The third kappa shape index (κ3) is 5.52. The first-order valence-corrected chi connectivity index (χ1v) is 10.9. The van der Waals surface area contributed by atoms with E-state index in [0.717, 1.165) is 0 Å². The third-order valence-electron chi connectivity index (χ3n) is 5.36. The second kappa shape index (κ2) is 10.4. The molecule has 1 aliphatic heterocycles. The van der Waals surface area contributed by atoms with Crippen molar-refractivity contribution in [3.05, 3.63) is 88.8 Å². The van der Waals surface area contributed by atoms with Crippen LogP contribution in [0.1, 0.15) is 28.1 Å². The van der Waals surface area contributed by atoms with E-state index in [1.54, 1.807) is 48.5 Å². The Morgan fingerprint density at radius 1 is 1.09 bits per heavy atom. The van der Waals surface area contributed by atoms with Crippen molar-refractivity contribution in [2.45, 2.75) is 13.0 Å². The van der Waals surface area contributed by atoms with E-state index >= 15 is 0 Å². The molecule has 0 bridgehead atoms. The average Bonchev–Trinajstić information content (AvgIpc) is 3.49. The van der Waals surface area contributed by atoms with Gasteiger partial charge >= 0.3 is 5.97 Å². The minimum Gasteiger partial charge on any atom is -0.467 e. The number of nitrogens with zero attached hydrogens (tertiary/aromatic N) is 1. The van der Waals surface area contributed by atoms with Crippen molar-refractivity contribution in [1.29, 1.82) is 0 Å². The number of furan rings is 1. The molecule has 1 saturated heterocycles. The number of rotatable bonds is 8. The highest BCUT2D eigenvalue weighted by Crippen LogP contribution is 2.24. The fourth-order valence-electron chi connectivity index (χ4n) is 3.67. The molecule has 34 heavy (non-hydrogen) atoms. The summed E-state index contributed by atoms with van der Waals surface area (Å²) in [5.74, 6) is -1.80. The monoisotopic (exact) mass is 480 g/mol. The van der Waals surface area contributed by atoms with Crippen LogP contribution in [-0.4, -0.2) is 41.6 Å². The standard InChI is InChI=1S/C25H21ClN2O6/c26-18-8-9-21(20(12-18)24(31)16-5-2-1-3-6-16)27-22(29)15-34-25(32)17-11-23(30)28(13-17)14-19-7-4-10-33-19/h1-10,12,17H,11,13-15H2,(H,27,29)/t17-/m1/s1. The number of nitrogens with one attached hydrogen (secondary N) is 1. The first-order chi connectivity index (χ1) is 16.4. The number of amides is 2. The van der Waals surface area contributed by atoms with Crippen molar-refractivity contribution in [2.24, 2.45) is 5.92 Å². The van der Waals surface area contributed by atoms with E-state index in [0.29, 0.717) is 16.3 Å². The van der Waals surface area contributed by atoms with Gasteiger partial charge in [-0.05, 0) is 30.3 Å². The normalized spacial score (nSPS) is 15.3. The third-order valence-corrected chi connectivity index (χ3v) is 5.59. The number of likely N-dealkylation sites (tertiary alicyclic amines) is 1. The van der Waals surface area contributed by atoms with Crippen LogP contribution in [0.15, 0.2) is 71.3 Å². The van der Waals surface area contributed by atoms with Gasteiger partial charge in [-0.3, -0.25) is 19.2 Å². The van der Waals surface area contributed by atoms with Crippen molar-refractivity contribution >= 4 is 40.9 Å². The SMILES string of the molecule is O=C(COC(=O)[C@@H]1CC(=O)N(Cc2ccco2)C1)Nc1ccc(Cl)cc1C(=O)c1ccccc1. The Hall–Kier alpha value is -3.91. The number of carbonyl (C=O) groups is 4. The van der Waals surface area contributed by atoms with E-state index in [2.05, 4.69) is 5.32 Å². The number of halogens is 1. The van der Waals surface area contributed by atoms with Gasteiger partial charge in [0.1, 0.15) is 5.76 Å². The van der Waals surface area contributed by atoms with E-state index in [4.69, 9.17) is 20.8 Å². The van der Waals surface area contributed by atoms with Crippen molar-refractivity contribution in [3.63, 3.8) is 0 Å². The zero-order chi connectivity index (χ0) is 24.1. The second-order valence-corrected chi connectivity index (χ2v) is 8.23. The molecular weight excluding hydrogens is 460 g/mol. The van der Waals surface area contributed by atoms with E-state index in [9.17, 15) is 19.2 Å². The van der Waals surface area contributed by atoms with Crippen LogP contribution in [0.4, 0.5) is 5.69 Å². The number of ketones is 1. The van der Waals surface area contributed by atoms with Crippen LogP contribution in [0, 0.1) is 5.92 Å². The fourth-order valence-corrected chi connectivity index (χ4v) is 3.84. The summed E-state index contributed by atoms with van der Waals surface area (Å²) in [6.45, 7) is -0.0961. The highest BCUT2D eigenvalue weighted by molar-refractivity contribution is 6.31. The Balaban J connectivity index is 1.34. The van der Waals surface area contributed by atoms with Crippen molar-refractivity contribution in [2.75, 3.05) is 18.5 Å². The summed E-state index contributed by atoms with van der Waals surface area (Å²) in [5, 5.41) is 2.94. The molecule has 1 aliphatic rings. The zero-order valence-corrected chi connectivity index (χ0v) is 18.8. The van der Waals surface area contributed by atoms with E-state index in [1.165, 1.54) is 23.3 Å². The predicted octanol–water partition coefficient (Wildman–Crippen LogP) is 3.69. The molecule has 2 amide bonds. The Morgan fingerprint density at radius 3 is 2.62 bits per heavy atom. The van der Waals surface area contributed by atoms with Crippen LogP contribution in [0.3, 0.4) is 0 Å². The number of benzene rings is 2. The lowest BCUT2D eigenvalue weighted by Crippen LogP contribution is -2.28. The number of hydrogen-bond acceptors (Lipinski definition) is 6. The molecule has 1 N–H and O–H groups in total. The first kappa shape index (κ1) is 23.3. The topological polar surface area (TPSA) is 106 Å². The largest absolute Gasteiger partial charge is 0.467 e. The molecule has 9 heteroatoms. The summed E-state index contributed by atoms with van der Waals surface area (Å²) in [6, 6.07) is 16.6. The van der Waals surface area contributed by atoms with E-state index in [1.807, 2.05) is 0 Å². The lowest BCUT2D eigenvalue weighted by molar-refractivity contribution is -0.151. The van der Waals surface area contributed by atoms with Gasteiger partial charge in [-0.2, -0.15) is 0 Å². The van der Waals surface area contributed by atoms with Crippen LogP contribution in [-0.2, 0) is 25.7 Å². The van der Waals surface area contributed by atoms with Gasteiger partial charge in [0.15, 0.2) is 12.4 Å². The molecular formula is C25H21ClN2O6. The summed E-state index contributed by atoms with van der Waals surface area (Å²) < 4.78 is 10.4. The molecule has 1 aromatic heterocycles. The van der Waals surface area contributed by atoms with Gasteiger partial charge in [0.25, 0.3) is 5.91 Å². The highest BCUT2D eigenvalue weighted by Gasteiger charge is 2.36. The van der Waals surface area contributed by atoms with Gasteiger partial charge in [-0.1, -0.05) is 41.9 Å². The molecule has 2 aromatic carbocycles. The van der Waals surface area contributed by atoms with Crippen molar-refractivity contribution < 1.29 is 28.3 Å². The summed E-state index contributed by atoms with van der Waals surface area (Å²) in [7, 11) is 0. The molecule has 1 fully saturated rings. The van der Waals surface area contributed by atoms with Crippen LogP contribution in [0.2, 0.25) is 5.02 Å². The summed E-state index contributed by atoms with van der Waals surface area (Å²) >= 11 is 6.06. The predicted molar refractivity (Wildman–Crippen MR) is 123 cm³/mol. The summed E-state index contributed by atoms with van der Waals surface area (Å²) in [5.41, 5.74) is 0.907. The second-order valence-electron chi connectivity index (χ2n) is 7.80. The molecule has 4 rings (SSSR count). The first-order valence-electron chi connectivity index (χ1n) is 10.6. The highest BCUT2D eigenvalue weighted by atomic mass is 35.5. The van der Waals surface area contributed by atoms with Crippen LogP contribution in [0.5, 0.6) is 0 Å². The number of anilines is 1. The molecule has 174 valence electrons. The van der Waals surface area contributed by atoms with Crippen LogP contribution in [0.25, 0.3) is 0 Å². The molecule has 1 atom stereocenters. The molecule has 0 spiro atoms. The molecule has 0 unspecified atom stereocenters. The molecule has 3 aromatic rings. The Kier molecular flexibility index (Phi) is 7.08. The van der Waals surface area contributed by atoms with Gasteiger partial charge in [-0.25, -0.2) is 0 Å². The molecule has 2 heterocycles. The summed E-state index contributed by atoms with van der Waals surface area (Å²) in [6.07, 6.45) is 1.52. The Labute approximate surface area is 200 Å².